The Morgan fingerprint density at radius 2 is 1.68 bits per heavy atom. The molecule has 0 saturated carbocycles. The molecule has 0 aromatic rings. The van der Waals surface area contributed by atoms with Crippen LogP contribution >= 0.6 is 43.2 Å². The van der Waals surface area contributed by atoms with Crippen LogP contribution in [0.1, 0.15) is 13.3 Å². The van der Waals surface area contributed by atoms with Crippen LogP contribution in [-0.2, 0) is 10.8 Å². The first kappa shape index (κ1) is 18.1. The van der Waals surface area contributed by atoms with Gasteiger partial charge in [0.2, 0.25) is 0 Å². The summed E-state index contributed by atoms with van der Waals surface area (Å²) < 4.78 is 12.3. The lowest BCUT2D eigenvalue weighted by atomic mass is 10.0. The summed E-state index contributed by atoms with van der Waals surface area (Å²) in [7, 11) is 6.77. The molecule has 0 aromatic carbocycles. The molecule has 4 atom stereocenters. The highest BCUT2D eigenvalue weighted by Crippen LogP contribution is 2.38. The first-order valence-electron chi connectivity index (χ1n) is 6.30. The van der Waals surface area contributed by atoms with Crippen LogP contribution in [0.25, 0.3) is 0 Å². The molecule has 0 aromatic heterocycles. The normalized spacial score (nSPS) is 30.4. The highest BCUT2D eigenvalue weighted by Gasteiger charge is 2.38. The highest BCUT2D eigenvalue weighted by molar-refractivity contribution is 8.77. The average molecular weight is 355 g/mol. The van der Waals surface area contributed by atoms with Gasteiger partial charge in [-0.25, -0.2) is 0 Å². The minimum absolute atomic E-state index is 0.366. The molecule has 110 valence electrons. The van der Waals surface area contributed by atoms with Gasteiger partial charge in [-0.2, -0.15) is 0 Å². The van der Waals surface area contributed by atoms with Gasteiger partial charge in [0.1, 0.15) is 0 Å². The van der Waals surface area contributed by atoms with Gasteiger partial charge >= 0.3 is 0 Å². The van der Waals surface area contributed by atoms with E-state index in [2.05, 4.69) is 20.1 Å². The second-order valence-corrected chi connectivity index (χ2v) is 11.6. The van der Waals surface area contributed by atoms with Gasteiger partial charge in [0.05, 0.1) is 0 Å². The quantitative estimate of drug-likeness (QED) is 0.322. The Labute approximate surface area is 135 Å². The fourth-order valence-electron chi connectivity index (χ4n) is 1.98. The van der Waals surface area contributed by atoms with Gasteiger partial charge in [-0.3, -0.25) is 4.21 Å². The van der Waals surface area contributed by atoms with Crippen LogP contribution in [0.2, 0.25) is 0 Å². The van der Waals surface area contributed by atoms with Crippen molar-refractivity contribution in [2.45, 2.75) is 23.8 Å². The van der Waals surface area contributed by atoms with Gasteiger partial charge in [-0.05, 0) is 12.3 Å². The molecule has 0 amide bonds. The lowest BCUT2D eigenvalue weighted by Crippen LogP contribution is -2.23. The minimum atomic E-state index is -0.651. The summed E-state index contributed by atoms with van der Waals surface area (Å²) >= 11 is 0. The van der Waals surface area contributed by atoms with Crippen molar-refractivity contribution in [1.29, 1.82) is 0 Å². The van der Waals surface area contributed by atoms with Gasteiger partial charge in [-0.1, -0.05) is 62.3 Å². The third-order valence-corrected chi connectivity index (χ3v) is 10.0. The van der Waals surface area contributed by atoms with E-state index >= 15 is 0 Å². The van der Waals surface area contributed by atoms with E-state index in [9.17, 15) is 4.21 Å². The van der Waals surface area contributed by atoms with Gasteiger partial charge in [0.15, 0.2) is 0 Å². The van der Waals surface area contributed by atoms with Crippen molar-refractivity contribution in [1.82, 2.24) is 0 Å². The Balaban J connectivity index is 2.36. The molecular formula is C13H22OS5. The van der Waals surface area contributed by atoms with E-state index in [0.717, 1.165) is 29.4 Å². The lowest BCUT2D eigenvalue weighted by molar-refractivity contribution is 0.576. The van der Waals surface area contributed by atoms with Crippen molar-refractivity contribution in [3.8, 4) is 0 Å². The maximum atomic E-state index is 12.3. The summed E-state index contributed by atoms with van der Waals surface area (Å²) in [6.07, 6.45) is 4.98. The van der Waals surface area contributed by atoms with Crippen LogP contribution in [0.4, 0.5) is 0 Å². The first-order valence-corrected chi connectivity index (χ1v) is 12.6. The summed E-state index contributed by atoms with van der Waals surface area (Å²) in [5, 5.41) is 0.735. The molecule has 0 aliphatic carbocycles. The fraction of sp³-hybridized carbons (Fsp3) is 0.692. The zero-order valence-corrected chi connectivity index (χ0v) is 15.4. The molecule has 1 aliphatic rings. The van der Waals surface area contributed by atoms with Crippen LogP contribution in [0.15, 0.2) is 25.3 Å². The van der Waals surface area contributed by atoms with Crippen molar-refractivity contribution in [3.63, 3.8) is 0 Å². The summed E-state index contributed by atoms with van der Waals surface area (Å²) in [5.41, 5.74) is 0. The van der Waals surface area contributed by atoms with E-state index in [1.165, 1.54) is 0 Å². The Morgan fingerprint density at radius 3 is 2.26 bits per heavy atom. The second-order valence-electron chi connectivity index (χ2n) is 4.39. The second kappa shape index (κ2) is 10.7. The maximum Gasteiger partial charge on any atom is 0.0486 e. The average Bonchev–Trinajstić information content (AvgIpc) is 2.67. The van der Waals surface area contributed by atoms with Crippen molar-refractivity contribution in [2.24, 2.45) is 5.92 Å². The van der Waals surface area contributed by atoms with Crippen molar-refractivity contribution in [2.75, 3.05) is 23.0 Å². The summed E-state index contributed by atoms with van der Waals surface area (Å²) in [6.45, 7) is 9.58. The molecule has 1 rings (SSSR count). The number of hydrogen-bond acceptors (Lipinski definition) is 5. The maximum absolute atomic E-state index is 12.3. The van der Waals surface area contributed by atoms with Gasteiger partial charge in [0.25, 0.3) is 0 Å². The molecule has 1 nitrogen and oxygen atoms in total. The largest absolute Gasteiger partial charge is 0.259 e. The smallest absolute Gasteiger partial charge is 0.0486 e. The molecule has 1 fully saturated rings. The zero-order valence-electron chi connectivity index (χ0n) is 11.3. The van der Waals surface area contributed by atoms with E-state index in [-0.39, 0.29) is 0 Å². The molecular weight excluding hydrogens is 332 g/mol. The first-order chi connectivity index (χ1) is 9.20. The van der Waals surface area contributed by atoms with Crippen LogP contribution in [-0.4, -0.2) is 37.7 Å². The molecule has 0 N–H and O–H groups in total. The molecule has 1 aliphatic heterocycles. The molecule has 0 spiro atoms. The van der Waals surface area contributed by atoms with Crippen LogP contribution in [0.3, 0.4) is 0 Å². The summed E-state index contributed by atoms with van der Waals surface area (Å²) in [5.74, 6) is 4.69. The predicted octanol–water partition coefficient (Wildman–Crippen LogP) is 4.65. The predicted molar refractivity (Wildman–Crippen MR) is 99.7 cm³/mol. The van der Waals surface area contributed by atoms with Crippen molar-refractivity contribution >= 4 is 54.0 Å². The highest BCUT2D eigenvalue weighted by atomic mass is 33.1. The van der Waals surface area contributed by atoms with E-state index in [1.807, 2.05) is 55.3 Å². The Hall–Kier alpha value is 1.03. The van der Waals surface area contributed by atoms with E-state index in [4.69, 9.17) is 0 Å². The van der Waals surface area contributed by atoms with Crippen molar-refractivity contribution < 1.29 is 4.21 Å². The number of rotatable bonds is 10. The van der Waals surface area contributed by atoms with Crippen LogP contribution in [0, 0.1) is 5.92 Å². The van der Waals surface area contributed by atoms with Crippen LogP contribution in [0.5, 0.6) is 0 Å². The monoisotopic (exact) mass is 354 g/mol. The summed E-state index contributed by atoms with van der Waals surface area (Å²) in [6, 6.07) is 0. The lowest BCUT2D eigenvalue weighted by Gasteiger charge is -2.16. The minimum Gasteiger partial charge on any atom is -0.259 e. The SMILES string of the molecule is C=CCSSC[C@@H]1CC(C)S(=O)[C@@H]1CSSCC=C. The Kier molecular flexibility index (Phi) is 10.2. The molecule has 0 radical (unpaired) electrons. The molecule has 6 heteroatoms. The van der Waals surface area contributed by atoms with E-state index < -0.39 is 10.8 Å². The van der Waals surface area contributed by atoms with Crippen LogP contribution < -0.4 is 0 Å². The van der Waals surface area contributed by atoms with Crippen molar-refractivity contribution in [3.05, 3.63) is 25.3 Å². The standard InChI is InChI=1S/C13H22OS5/c1-4-6-15-17-9-12-8-11(3)19(14)13(12)10-18-16-7-5-2/h4-5,11-13H,1-2,6-10H2,3H3/t11?,12-,13+,19?/m0/s1. The Morgan fingerprint density at radius 1 is 1.11 bits per heavy atom. The summed E-state index contributed by atoms with van der Waals surface area (Å²) in [4.78, 5) is 0. The van der Waals surface area contributed by atoms with E-state index in [0.29, 0.717) is 16.4 Å². The molecule has 1 heterocycles. The van der Waals surface area contributed by atoms with E-state index in [1.54, 1.807) is 0 Å². The molecule has 0 bridgehead atoms. The molecule has 2 unspecified atom stereocenters. The third kappa shape index (κ3) is 6.55. The molecule has 19 heavy (non-hydrogen) atoms. The van der Waals surface area contributed by atoms with Gasteiger partial charge in [0, 0.05) is 44.3 Å². The van der Waals surface area contributed by atoms with Gasteiger partial charge < -0.3 is 0 Å². The van der Waals surface area contributed by atoms with Gasteiger partial charge in [-0.15, -0.1) is 13.2 Å². The zero-order chi connectivity index (χ0) is 14.1. The molecule has 1 saturated heterocycles. The Bertz CT molecular complexity index is 307. The fourth-order valence-corrected chi connectivity index (χ4v) is 8.95. The number of hydrogen-bond donors (Lipinski definition) is 0. The topological polar surface area (TPSA) is 17.1 Å². The third-order valence-electron chi connectivity index (χ3n) is 2.91.